The lowest BCUT2D eigenvalue weighted by Crippen LogP contribution is -2.30. The smallest absolute Gasteiger partial charge is 0.360 e. The monoisotopic (exact) mass is 358 g/mol. The molecule has 2 aromatic rings. The molecule has 0 atom stereocenters. The van der Waals surface area contributed by atoms with Crippen molar-refractivity contribution in [1.82, 2.24) is 5.16 Å². The van der Waals surface area contributed by atoms with Gasteiger partial charge in [-0.1, -0.05) is 5.16 Å². The number of benzene rings is 1. The summed E-state index contributed by atoms with van der Waals surface area (Å²) in [7, 11) is 1.35. The number of aromatic nitrogens is 1. The highest BCUT2D eigenvalue weighted by Gasteiger charge is 2.33. The Morgan fingerprint density at radius 1 is 1.40 bits per heavy atom. The number of rotatable bonds is 5. The van der Waals surface area contributed by atoms with Crippen LogP contribution in [-0.2, 0) is 11.0 Å². The molecule has 0 spiro atoms. The molecule has 0 radical (unpaired) electrons. The molecule has 0 aliphatic heterocycles. The standard InChI is InChI=1S/C14H13F3N4O4/c1-8-5-12(19-25-8)18-13(22)7-20(2)10-4-3-9(14(15,16)17)6-11(10)21(23)24/h3-6H,7H2,1-2H3,(H,18,19,22). The van der Waals surface area contributed by atoms with E-state index in [2.05, 4.69) is 10.5 Å². The fourth-order valence-electron chi connectivity index (χ4n) is 2.08. The van der Waals surface area contributed by atoms with Crippen LogP contribution in [0.1, 0.15) is 11.3 Å². The second-order valence-electron chi connectivity index (χ2n) is 5.19. The Kier molecular flexibility index (Phi) is 4.95. The summed E-state index contributed by atoms with van der Waals surface area (Å²) in [5.41, 5.74) is -2.01. The Morgan fingerprint density at radius 3 is 2.60 bits per heavy atom. The van der Waals surface area contributed by atoms with Crippen molar-refractivity contribution in [2.24, 2.45) is 0 Å². The molecule has 2 rings (SSSR count). The first-order valence-electron chi connectivity index (χ1n) is 6.88. The molecule has 134 valence electrons. The third-order valence-electron chi connectivity index (χ3n) is 3.19. The zero-order valence-corrected chi connectivity index (χ0v) is 13.1. The van der Waals surface area contributed by atoms with Crippen molar-refractivity contribution in [2.45, 2.75) is 13.1 Å². The predicted molar refractivity (Wildman–Crippen MR) is 81.2 cm³/mol. The van der Waals surface area contributed by atoms with Gasteiger partial charge in [0.1, 0.15) is 11.4 Å². The van der Waals surface area contributed by atoms with Gasteiger partial charge in [0, 0.05) is 19.2 Å². The second kappa shape index (κ2) is 6.79. The maximum Gasteiger partial charge on any atom is 0.416 e. The number of nitrogens with zero attached hydrogens (tertiary/aromatic N) is 3. The van der Waals surface area contributed by atoms with Crippen LogP contribution in [0.25, 0.3) is 0 Å². The molecule has 1 N–H and O–H groups in total. The number of hydrogen-bond acceptors (Lipinski definition) is 6. The molecule has 1 aromatic carbocycles. The van der Waals surface area contributed by atoms with Gasteiger partial charge in [0.25, 0.3) is 5.69 Å². The van der Waals surface area contributed by atoms with E-state index in [1.165, 1.54) is 18.0 Å². The van der Waals surface area contributed by atoms with Crippen molar-refractivity contribution in [3.63, 3.8) is 0 Å². The lowest BCUT2D eigenvalue weighted by molar-refractivity contribution is -0.384. The number of carbonyl (C=O) groups excluding carboxylic acids is 1. The zero-order valence-electron chi connectivity index (χ0n) is 13.1. The normalized spacial score (nSPS) is 11.2. The van der Waals surface area contributed by atoms with Crippen molar-refractivity contribution in [3.8, 4) is 0 Å². The summed E-state index contributed by atoms with van der Waals surface area (Å²) >= 11 is 0. The molecule has 0 saturated carbocycles. The molecule has 11 heteroatoms. The van der Waals surface area contributed by atoms with Crippen molar-refractivity contribution >= 4 is 23.1 Å². The van der Waals surface area contributed by atoms with Gasteiger partial charge in [-0.3, -0.25) is 14.9 Å². The van der Waals surface area contributed by atoms with E-state index in [9.17, 15) is 28.1 Å². The summed E-state index contributed by atoms with van der Waals surface area (Å²) < 4.78 is 42.9. The maximum atomic E-state index is 12.7. The number of aryl methyl sites for hydroxylation is 1. The van der Waals surface area contributed by atoms with Crippen LogP contribution >= 0.6 is 0 Å². The average molecular weight is 358 g/mol. The average Bonchev–Trinajstić information content (AvgIpc) is 2.90. The highest BCUT2D eigenvalue weighted by atomic mass is 19.4. The van der Waals surface area contributed by atoms with Crippen LogP contribution < -0.4 is 10.2 Å². The van der Waals surface area contributed by atoms with Crippen molar-refractivity contribution in [2.75, 3.05) is 23.8 Å². The first-order chi connectivity index (χ1) is 11.6. The van der Waals surface area contributed by atoms with Gasteiger partial charge in [-0.05, 0) is 19.1 Å². The van der Waals surface area contributed by atoms with E-state index in [1.807, 2.05) is 0 Å². The molecule has 0 saturated heterocycles. The lowest BCUT2D eigenvalue weighted by atomic mass is 10.1. The van der Waals surface area contributed by atoms with Crippen LogP contribution in [0.3, 0.4) is 0 Å². The number of likely N-dealkylation sites (N-methyl/N-ethyl adjacent to an activating group) is 1. The van der Waals surface area contributed by atoms with Gasteiger partial charge in [-0.2, -0.15) is 13.2 Å². The van der Waals surface area contributed by atoms with Crippen LogP contribution in [0.15, 0.2) is 28.8 Å². The molecule has 0 fully saturated rings. The van der Waals surface area contributed by atoms with Gasteiger partial charge in [0.2, 0.25) is 5.91 Å². The number of amides is 1. The summed E-state index contributed by atoms with van der Waals surface area (Å²) in [6.45, 7) is 1.29. The van der Waals surface area contributed by atoms with Gasteiger partial charge < -0.3 is 14.7 Å². The SMILES string of the molecule is Cc1cc(NC(=O)CN(C)c2ccc(C(F)(F)F)cc2[N+](=O)[O-])no1. The Bertz CT molecular complexity index is 804. The van der Waals surface area contributed by atoms with E-state index in [4.69, 9.17) is 4.52 Å². The van der Waals surface area contributed by atoms with Crippen LogP contribution in [0, 0.1) is 17.0 Å². The molecular weight excluding hydrogens is 345 g/mol. The van der Waals surface area contributed by atoms with E-state index < -0.39 is 28.3 Å². The number of nitrogens with one attached hydrogen (secondary N) is 1. The van der Waals surface area contributed by atoms with Crippen LogP contribution in [-0.4, -0.2) is 29.6 Å². The topological polar surface area (TPSA) is 102 Å². The van der Waals surface area contributed by atoms with Crippen molar-refractivity contribution < 1.29 is 27.4 Å². The Balaban J connectivity index is 2.18. The minimum atomic E-state index is -4.70. The zero-order chi connectivity index (χ0) is 18.8. The van der Waals surface area contributed by atoms with Gasteiger partial charge in [0.05, 0.1) is 17.0 Å². The third kappa shape index (κ3) is 4.46. The fourth-order valence-corrected chi connectivity index (χ4v) is 2.08. The second-order valence-corrected chi connectivity index (χ2v) is 5.19. The quantitative estimate of drug-likeness (QED) is 0.651. The molecule has 8 nitrogen and oxygen atoms in total. The highest BCUT2D eigenvalue weighted by Crippen LogP contribution is 2.36. The number of halogens is 3. The molecule has 0 unspecified atom stereocenters. The number of nitro groups is 1. The fraction of sp³-hybridized carbons (Fsp3) is 0.286. The first-order valence-corrected chi connectivity index (χ1v) is 6.88. The maximum absolute atomic E-state index is 12.7. The summed E-state index contributed by atoms with van der Waals surface area (Å²) in [4.78, 5) is 23.2. The number of anilines is 2. The summed E-state index contributed by atoms with van der Waals surface area (Å²) in [5.74, 6) is 0.0739. The largest absolute Gasteiger partial charge is 0.416 e. The molecule has 0 aliphatic rings. The summed E-state index contributed by atoms with van der Waals surface area (Å²) in [6.07, 6.45) is -4.70. The Hall–Kier alpha value is -3.11. The molecular formula is C14H13F3N4O4. The van der Waals surface area contributed by atoms with Gasteiger partial charge >= 0.3 is 6.18 Å². The molecule has 1 amide bonds. The predicted octanol–water partition coefficient (Wildman–Crippen LogP) is 2.98. The first kappa shape index (κ1) is 18.2. The van der Waals surface area contributed by atoms with Crippen molar-refractivity contribution in [3.05, 3.63) is 45.7 Å². The van der Waals surface area contributed by atoms with E-state index in [-0.39, 0.29) is 18.1 Å². The van der Waals surface area contributed by atoms with Gasteiger partial charge in [0.15, 0.2) is 5.82 Å². The van der Waals surface area contributed by atoms with Gasteiger partial charge in [-0.15, -0.1) is 0 Å². The molecule has 0 bridgehead atoms. The molecule has 1 heterocycles. The van der Waals surface area contributed by atoms with E-state index in [0.29, 0.717) is 11.8 Å². The van der Waals surface area contributed by atoms with Crippen LogP contribution in [0.2, 0.25) is 0 Å². The Labute approximate surface area is 139 Å². The van der Waals surface area contributed by atoms with Crippen LogP contribution in [0.5, 0.6) is 0 Å². The van der Waals surface area contributed by atoms with Gasteiger partial charge in [-0.25, -0.2) is 0 Å². The summed E-state index contributed by atoms with van der Waals surface area (Å²) in [5, 5.41) is 17.0. The highest BCUT2D eigenvalue weighted by molar-refractivity contribution is 5.93. The lowest BCUT2D eigenvalue weighted by Gasteiger charge is -2.19. The van der Waals surface area contributed by atoms with E-state index in [1.54, 1.807) is 6.92 Å². The minimum absolute atomic E-state index is 0.121. The minimum Gasteiger partial charge on any atom is -0.360 e. The van der Waals surface area contributed by atoms with Crippen LogP contribution in [0.4, 0.5) is 30.4 Å². The summed E-state index contributed by atoms with van der Waals surface area (Å²) in [6, 6.07) is 3.58. The molecule has 0 aliphatic carbocycles. The molecule has 25 heavy (non-hydrogen) atoms. The number of alkyl halides is 3. The molecule has 1 aromatic heterocycles. The third-order valence-corrected chi connectivity index (χ3v) is 3.19. The number of hydrogen-bond donors (Lipinski definition) is 1. The van der Waals surface area contributed by atoms with E-state index >= 15 is 0 Å². The van der Waals surface area contributed by atoms with Crippen molar-refractivity contribution in [1.29, 1.82) is 0 Å². The number of nitro benzene ring substituents is 1. The van der Waals surface area contributed by atoms with E-state index in [0.717, 1.165) is 12.1 Å². The Morgan fingerprint density at radius 2 is 2.08 bits per heavy atom. The number of carbonyl (C=O) groups is 1.